The first-order valence-electron chi connectivity index (χ1n) is 8.10. The maximum Gasteiger partial charge on any atom is 0.573 e. The van der Waals surface area contributed by atoms with Crippen LogP contribution in [0.15, 0.2) is 59.6 Å². The highest BCUT2D eigenvalue weighted by Crippen LogP contribution is 2.35. The standard InChI is InChI=1S/C19H14F4N2O3S/c1-11-9-12(4-7-17(11)28-19(21,22)23)14-3-2-8-25-18(14)15-10-13(29(24,26)27)5-6-16(15)20/h2-10H,1H3,(H2,24,26,27). The predicted molar refractivity (Wildman–Crippen MR) is 97.9 cm³/mol. The molecule has 0 radical (unpaired) electrons. The molecular formula is C19H14F4N2O3S. The topological polar surface area (TPSA) is 82.3 Å². The van der Waals surface area contributed by atoms with E-state index in [9.17, 15) is 26.0 Å². The van der Waals surface area contributed by atoms with Crippen LogP contribution in [0.4, 0.5) is 17.6 Å². The molecule has 1 aromatic heterocycles. The van der Waals surface area contributed by atoms with Crippen LogP contribution in [0, 0.1) is 12.7 Å². The molecule has 0 saturated carbocycles. The van der Waals surface area contributed by atoms with Crippen LogP contribution >= 0.6 is 0 Å². The van der Waals surface area contributed by atoms with E-state index in [2.05, 4.69) is 9.72 Å². The highest BCUT2D eigenvalue weighted by atomic mass is 32.2. The molecule has 3 aromatic rings. The van der Waals surface area contributed by atoms with Crippen molar-refractivity contribution in [3.8, 4) is 28.1 Å². The van der Waals surface area contributed by atoms with Gasteiger partial charge in [-0.2, -0.15) is 0 Å². The minimum atomic E-state index is -4.83. The molecule has 0 bridgehead atoms. The highest BCUT2D eigenvalue weighted by molar-refractivity contribution is 7.89. The van der Waals surface area contributed by atoms with Gasteiger partial charge in [0.25, 0.3) is 0 Å². The number of alkyl halides is 3. The van der Waals surface area contributed by atoms with Crippen LogP contribution in [0.1, 0.15) is 5.56 Å². The molecule has 0 aliphatic rings. The number of nitrogens with zero attached hydrogens (tertiary/aromatic N) is 1. The van der Waals surface area contributed by atoms with Gasteiger partial charge in [0.05, 0.1) is 10.6 Å². The van der Waals surface area contributed by atoms with Gasteiger partial charge in [0.15, 0.2) is 0 Å². The van der Waals surface area contributed by atoms with Crippen molar-refractivity contribution in [2.24, 2.45) is 5.14 Å². The van der Waals surface area contributed by atoms with Gasteiger partial charge in [-0.25, -0.2) is 17.9 Å². The van der Waals surface area contributed by atoms with Crippen molar-refractivity contribution in [1.82, 2.24) is 4.98 Å². The predicted octanol–water partition coefficient (Wildman–Crippen LogP) is 4.41. The summed E-state index contributed by atoms with van der Waals surface area (Å²) in [5, 5.41) is 5.11. The van der Waals surface area contributed by atoms with E-state index < -0.39 is 22.2 Å². The van der Waals surface area contributed by atoms with E-state index in [0.717, 1.165) is 24.3 Å². The third kappa shape index (κ3) is 4.72. The summed E-state index contributed by atoms with van der Waals surface area (Å²) < 4.78 is 79.0. The number of primary sulfonamides is 1. The molecule has 0 aliphatic carbocycles. The van der Waals surface area contributed by atoms with E-state index in [1.54, 1.807) is 12.1 Å². The lowest BCUT2D eigenvalue weighted by molar-refractivity contribution is -0.274. The number of rotatable bonds is 4. The van der Waals surface area contributed by atoms with Crippen LogP contribution in [-0.4, -0.2) is 19.8 Å². The number of pyridine rings is 1. The molecule has 3 rings (SSSR count). The molecule has 5 nitrogen and oxygen atoms in total. The summed E-state index contributed by atoms with van der Waals surface area (Å²) in [7, 11) is -4.07. The minimum absolute atomic E-state index is 0.111. The van der Waals surface area contributed by atoms with Crippen LogP contribution in [0.25, 0.3) is 22.4 Å². The number of halogens is 4. The summed E-state index contributed by atoms with van der Waals surface area (Å²) in [6, 6.07) is 10.2. The Morgan fingerprint density at radius 1 is 1.03 bits per heavy atom. The number of aromatic nitrogens is 1. The molecule has 0 amide bonds. The van der Waals surface area contributed by atoms with Crippen molar-refractivity contribution < 1.29 is 30.7 Å². The number of benzene rings is 2. The second-order valence-electron chi connectivity index (χ2n) is 6.11. The number of sulfonamides is 1. The van der Waals surface area contributed by atoms with Crippen molar-refractivity contribution in [3.05, 3.63) is 66.1 Å². The number of hydrogen-bond acceptors (Lipinski definition) is 4. The smallest absolute Gasteiger partial charge is 0.406 e. The van der Waals surface area contributed by atoms with Gasteiger partial charge in [-0.1, -0.05) is 12.1 Å². The van der Waals surface area contributed by atoms with E-state index in [1.807, 2.05) is 0 Å². The molecule has 2 aromatic carbocycles. The quantitative estimate of drug-likeness (QED) is 0.627. The summed E-state index contributed by atoms with van der Waals surface area (Å²) >= 11 is 0. The normalized spacial score (nSPS) is 12.1. The molecular weight excluding hydrogens is 412 g/mol. The Hall–Kier alpha value is -2.98. The fourth-order valence-electron chi connectivity index (χ4n) is 2.77. The Balaban J connectivity index is 2.13. The maximum atomic E-state index is 14.4. The molecule has 2 N–H and O–H groups in total. The van der Waals surface area contributed by atoms with Gasteiger partial charge >= 0.3 is 6.36 Å². The van der Waals surface area contributed by atoms with Crippen LogP contribution in [0.3, 0.4) is 0 Å². The lowest BCUT2D eigenvalue weighted by atomic mass is 9.97. The monoisotopic (exact) mass is 426 g/mol. The molecule has 152 valence electrons. The van der Waals surface area contributed by atoms with Crippen molar-refractivity contribution >= 4 is 10.0 Å². The van der Waals surface area contributed by atoms with E-state index in [0.29, 0.717) is 11.1 Å². The molecule has 0 atom stereocenters. The van der Waals surface area contributed by atoms with Crippen LogP contribution < -0.4 is 9.88 Å². The maximum absolute atomic E-state index is 14.4. The fraction of sp³-hybridized carbons (Fsp3) is 0.105. The lowest BCUT2D eigenvalue weighted by Gasteiger charge is -2.14. The SMILES string of the molecule is Cc1cc(-c2cccnc2-c2cc(S(N)(=O)=O)ccc2F)ccc1OC(F)(F)F. The molecule has 29 heavy (non-hydrogen) atoms. The van der Waals surface area contributed by atoms with Crippen molar-refractivity contribution in [2.75, 3.05) is 0 Å². The highest BCUT2D eigenvalue weighted by Gasteiger charge is 2.31. The van der Waals surface area contributed by atoms with Gasteiger partial charge in [-0.3, -0.25) is 4.98 Å². The fourth-order valence-corrected chi connectivity index (χ4v) is 3.31. The van der Waals surface area contributed by atoms with Crippen LogP contribution in [0.2, 0.25) is 0 Å². The Morgan fingerprint density at radius 2 is 1.76 bits per heavy atom. The Labute approximate surface area is 163 Å². The lowest BCUT2D eigenvalue weighted by Crippen LogP contribution is -2.17. The summed E-state index contributed by atoms with van der Waals surface area (Å²) in [6.07, 6.45) is -3.45. The van der Waals surface area contributed by atoms with Crippen molar-refractivity contribution in [2.45, 2.75) is 18.2 Å². The molecule has 10 heteroatoms. The molecule has 0 spiro atoms. The molecule has 0 unspecified atom stereocenters. The van der Waals surface area contributed by atoms with Gasteiger partial charge in [0, 0.05) is 17.3 Å². The Bertz CT molecular complexity index is 1180. The molecule has 0 saturated heterocycles. The molecule has 0 fully saturated rings. The van der Waals surface area contributed by atoms with Gasteiger partial charge in [-0.05, 0) is 54.4 Å². The summed E-state index contributed by atoms with van der Waals surface area (Å²) in [5.74, 6) is -1.10. The zero-order valence-corrected chi connectivity index (χ0v) is 15.7. The third-order valence-electron chi connectivity index (χ3n) is 4.04. The van der Waals surface area contributed by atoms with Gasteiger partial charge < -0.3 is 4.74 Å². The number of aryl methyl sites for hydroxylation is 1. The third-order valence-corrected chi connectivity index (χ3v) is 4.95. The van der Waals surface area contributed by atoms with Gasteiger partial charge in [0.2, 0.25) is 10.0 Å². The van der Waals surface area contributed by atoms with E-state index >= 15 is 0 Å². The first kappa shape index (κ1) is 20.7. The molecule has 0 aliphatic heterocycles. The summed E-state index contributed by atoms with van der Waals surface area (Å²) in [6.45, 7) is 1.43. The second-order valence-corrected chi connectivity index (χ2v) is 7.68. The van der Waals surface area contributed by atoms with Crippen LogP contribution in [0.5, 0.6) is 5.75 Å². The molecule has 1 heterocycles. The number of hydrogen-bond donors (Lipinski definition) is 1. The van der Waals surface area contributed by atoms with Crippen LogP contribution in [-0.2, 0) is 10.0 Å². The van der Waals surface area contributed by atoms with Gasteiger partial charge in [-0.15, -0.1) is 13.2 Å². The Kier molecular flexibility index (Phi) is 5.33. The Morgan fingerprint density at radius 3 is 2.38 bits per heavy atom. The first-order valence-corrected chi connectivity index (χ1v) is 9.65. The second kappa shape index (κ2) is 7.45. The zero-order valence-electron chi connectivity index (χ0n) is 14.9. The van der Waals surface area contributed by atoms with E-state index in [1.165, 1.54) is 25.3 Å². The zero-order chi connectivity index (χ0) is 21.4. The average Bonchev–Trinajstić information content (AvgIpc) is 2.62. The number of ether oxygens (including phenoxy) is 1. The van der Waals surface area contributed by atoms with E-state index in [4.69, 9.17) is 5.14 Å². The van der Waals surface area contributed by atoms with Gasteiger partial charge in [0.1, 0.15) is 11.6 Å². The first-order chi connectivity index (χ1) is 13.5. The average molecular weight is 426 g/mol. The minimum Gasteiger partial charge on any atom is -0.406 e. The summed E-state index contributed by atoms with van der Waals surface area (Å²) in [5.41, 5.74) is 1.04. The summed E-state index contributed by atoms with van der Waals surface area (Å²) in [4.78, 5) is 3.84. The van der Waals surface area contributed by atoms with Crippen molar-refractivity contribution in [1.29, 1.82) is 0 Å². The van der Waals surface area contributed by atoms with E-state index in [-0.39, 0.29) is 27.5 Å². The number of nitrogens with two attached hydrogens (primary N) is 1. The van der Waals surface area contributed by atoms with Crippen molar-refractivity contribution in [3.63, 3.8) is 0 Å². The largest absolute Gasteiger partial charge is 0.573 e.